The molecule has 0 aliphatic heterocycles. The molecule has 1 N–H and O–H groups in total. The summed E-state index contributed by atoms with van der Waals surface area (Å²) >= 11 is 5.72. The Hall–Kier alpha value is -0.800. The third-order valence-corrected chi connectivity index (χ3v) is 1.95. The summed E-state index contributed by atoms with van der Waals surface area (Å²) in [5.74, 6) is 0.802. The Morgan fingerprint density at radius 1 is 1.50 bits per heavy atom. The van der Waals surface area contributed by atoms with E-state index in [2.05, 4.69) is 4.98 Å². The van der Waals surface area contributed by atoms with Gasteiger partial charge in [-0.1, -0.05) is 11.6 Å². The second kappa shape index (κ2) is 4.15. The Kier molecular flexibility index (Phi) is 3.34. The summed E-state index contributed by atoms with van der Waals surface area (Å²) in [5.41, 5.74) is -0.726. The van der Waals surface area contributed by atoms with E-state index in [0.29, 0.717) is 11.6 Å². The van der Waals surface area contributed by atoms with E-state index in [1.165, 1.54) is 0 Å². The van der Waals surface area contributed by atoms with Crippen LogP contribution in [0.2, 0.25) is 5.02 Å². The van der Waals surface area contributed by atoms with Crippen molar-refractivity contribution >= 4 is 17.4 Å². The fraction of sp³-hybridized carbons (Fsp3) is 0.500. The molecule has 1 heterocycles. The Morgan fingerprint density at radius 2 is 2.14 bits per heavy atom. The van der Waals surface area contributed by atoms with E-state index in [4.69, 9.17) is 11.6 Å². The topological polar surface area (TPSA) is 36.4 Å². The molecular weight excluding hydrogens is 200 g/mol. The van der Waals surface area contributed by atoms with E-state index in [1.807, 2.05) is 18.0 Å². The summed E-state index contributed by atoms with van der Waals surface area (Å²) in [6, 6.07) is 3.61. The lowest BCUT2D eigenvalue weighted by atomic mass is 10.1. The van der Waals surface area contributed by atoms with Crippen LogP contribution >= 0.6 is 11.6 Å². The Bertz CT molecular complexity index is 292. The van der Waals surface area contributed by atoms with Crippen molar-refractivity contribution in [3.8, 4) is 0 Å². The zero-order valence-corrected chi connectivity index (χ0v) is 9.41. The highest BCUT2D eigenvalue weighted by molar-refractivity contribution is 6.30. The van der Waals surface area contributed by atoms with Gasteiger partial charge in [0.05, 0.1) is 10.6 Å². The van der Waals surface area contributed by atoms with Crippen LogP contribution < -0.4 is 4.90 Å². The third-order valence-electron chi connectivity index (χ3n) is 1.73. The van der Waals surface area contributed by atoms with Crippen molar-refractivity contribution in [1.29, 1.82) is 0 Å². The van der Waals surface area contributed by atoms with Crippen molar-refractivity contribution in [2.45, 2.75) is 19.4 Å². The second-order valence-corrected chi connectivity index (χ2v) is 4.44. The van der Waals surface area contributed by atoms with Gasteiger partial charge in [-0.3, -0.25) is 0 Å². The minimum atomic E-state index is -0.726. The molecule has 0 amide bonds. The molecule has 4 heteroatoms. The van der Waals surface area contributed by atoms with E-state index in [0.717, 1.165) is 5.82 Å². The number of halogens is 1. The van der Waals surface area contributed by atoms with Gasteiger partial charge in [-0.2, -0.15) is 0 Å². The van der Waals surface area contributed by atoms with Gasteiger partial charge in [0.15, 0.2) is 0 Å². The Balaban J connectivity index is 2.70. The first kappa shape index (κ1) is 11.3. The molecule has 1 aromatic rings. The van der Waals surface area contributed by atoms with Gasteiger partial charge in [-0.15, -0.1) is 0 Å². The average Bonchev–Trinajstić information content (AvgIpc) is 2.02. The molecule has 1 rings (SSSR count). The number of pyridine rings is 1. The molecule has 0 radical (unpaired) electrons. The highest BCUT2D eigenvalue weighted by Crippen LogP contribution is 2.15. The zero-order chi connectivity index (χ0) is 10.8. The molecule has 3 nitrogen and oxygen atoms in total. The van der Waals surface area contributed by atoms with Crippen LogP contribution in [0.5, 0.6) is 0 Å². The van der Waals surface area contributed by atoms with Gasteiger partial charge in [0.2, 0.25) is 0 Å². The van der Waals surface area contributed by atoms with E-state index >= 15 is 0 Å². The summed E-state index contributed by atoms with van der Waals surface area (Å²) in [5, 5.41) is 10.2. The molecule has 14 heavy (non-hydrogen) atoms. The van der Waals surface area contributed by atoms with Crippen LogP contribution in [0.3, 0.4) is 0 Å². The zero-order valence-electron chi connectivity index (χ0n) is 8.66. The molecular formula is C10H15ClN2O. The van der Waals surface area contributed by atoms with Crippen molar-refractivity contribution in [3.05, 3.63) is 23.4 Å². The largest absolute Gasteiger partial charge is 0.389 e. The van der Waals surface area contributed by atoms with Crippen LogP contribution in [0.25, 0.3) is 0 Å². The maximum atomic E-state index is 9.61. The van der Waals surface area contributed by atoms with Gasteiger partial charge < -0.3 is 10.0 Å². The van der Waals surface area contributed by atoms with Crippen molar-refractivity contribution in [2.24, 2.45) is 0 Å². The Morgan fingerprint density at radius 3 is 2.57 bits per heavy atom. The lowest BCUT2D eigenvalue weighted by molar-refractivity contribution is 0.0884. The SMILES string of the molecule is CN(CC(C)(C)O)c1ccc(Cl)cn1. The number of hydrogen-bond acceptors (Lipinski definition) is 3. The fourth-order valence-corrected chi connectivity index (χ4v) is 1.37. The van der Waals surface area contributed by atoms with Crippen molar-refractivity contribution in [2.75, 3.05) is 18.5 Å². The quantitative estimate of drug-likeness (QED) is 0.836. The number of nitrogens with zero attached hydrogens (tertiary/aromatic N) is 2. The molecule has 0 aromatic carbocycles. The number of hydrogen-bond donors (Lipinski definition) is 1. The highest BCUT2D eigenvalue weighted by Gasteiger charge is 2.16. The molecule has 78 valence electrons. The van der Waals surface area contributed by atoms with Crippen molar-refractivity contribution in [3.63, 3.8) is 0 Å². The molecule has 0 aliphatic rings. The standard InChI is InChI=1S/C10H15ClN2O/c1-10(2,14)7-13(3)9-5-4-8(11)6-12-9/h4-6,14H,7H2,1-3H3. The van der Waals surface area contributed by atoms with Crippen LogP contribution in [-0.4, -0.2) is 29.3 Å². The van der Waals surface area contributed by atoms with Crippen LogP contribution in [0.4, 0.5) is 5.82 Å². The van der Waals surface area contributed by atoms with Crippen LogP contribution in [0.1, 0.15) is 13.8 Å². The number of aliphatic hydroxyl groups is 1. The summed E-state index contributed by atoms with van der Waals surface area (Å²) in [4.78, 5) is 6.03. The molecule has 0 unspecified atom stereocenters. The summed E-state index contributed by atoms with van der Waals surface area (Å²) in [7, 11) is 1.88. The molecule has 0 bridgehead atoms. The van der Waals surface area contributed by atoms with E-state index in [-0.39, 0.29) is 0 Å². The smallest absolute Gasteiger partial charge is 0.128 e. The minimum absolute atomic E-state index is 0.529. The second-order valence-electron chi connectivity index (χ2n) is 4.00. The van der Waals surface area contributed by atoms with Crippen LogP contribution in [-0.2, 0) is 0 Å². The fourth-order valence-electron chi connectivity index (χ4n) is 1.26. The Labute approximate surface area is 89.3 Å². The van der Waals surface area contributed by atoms with Crippen LogP contribution in [0, 0.1) is 0 Å². The normalized spacial score (nSPS) is 11.5. The predicted molar refractivity (Wildman–Crippen MR) is 58.8 cm³/mol. The molecule has 0 spiro atoms. The molecule has 0 aliphatic carbocycles. The molecule has 1 aromatic heterocycles. The minimum Gasteiger partial charge on any atom is -0.389 e. The van der Waals surface area contributed by atoms with E-state index < -0.39 is 5.60 Å². The van der Waals surface area contributed by atoms with Gasteiger partial charge >= 0.3 is 0 Å². The van der Waals surface area contributed by atoms with Crippen molar-refractivity contribution < 1.29 is 5.11 Å². The molecule has 0 atom stereocenters. The predicted octanol–water partition coefficient (Wildman–Crippen LogP) is 1.94. The van der Waals surface area contributed by atoms with Crippen LogP contribution in [0.15, 0.2) is 18.3 Å². The molecule has 0 fully saturated rings. The number of rotatable bonds is 3. The first-order valence-corrected chi connectivity index (χ1v) is 4.81. The summed E-state index contributed by atoms with van der Waals surface area (Å²) in [6.45, 7) is 4.06. The monoisotopic (exact) mass is 214 g/mol. The van der Waals surface area contributed by atoms with Gasteiger partial charge in [0.25, 0.3) is 0 Å². The molecule has 0 saturated carbocycles. The number of likely N-dealkylation sites (N-methyl/N-ethyl adjacent to an activating group) is 1. The first-order valence-electron chi connectivity index (χ1n) is 4.43. The summed E-state index contributed by atoms with van der Waals surface area (Å²) < 4.78 is 0. The van der Waals surface area contributed by atoms with E-state index in [1.54, 1.807) is 26.1 Å². The maximum Gasteiger partial charge on any atom is 0.128 e. The average molecular weight is 215 g/mol. The first-order chi connectivity index (χ1) is 6.38. The lowest BCUT2D eigenvalue weighted by Gasteiger charge is -2.26. The summed E-state index contributed by atoms with van der Waals surface area (Å²) in [6.07, 6.45) is 1.60. The van der Waals surface area contributed by atoms with Gasteiger partial charge in [-0.05, 0) is 26.0 Å². The van der Waals surface area contributed by atoms with Gasteiger partial charge in [0, 0.05) is 19.8 Å². The number of anilines is 1. The third kappa shape index (κ3) is 3.52. The van der Waals surface area contributed by atoms with Crippen molar-refractivity contribution in [1.82, 2.24) is 4.98 Å². The van der Waals surface area contributed by atoms with Gasteiger partial charge in [0.1, 0.15) is 5.82 Å². The van der Waals surface area contributed by atoms with E-state index in [9.17, 15) is 5.11 Å². The highest BCUT2D eigenvalue weighted by atomic mass is 35.5. The lowest BCUT2D eigenvalue weighted by Crippen LogP contribution is -2.36. The molecule has 0 saturated heterocycles. The van der Waals surface area contributed by atoms with Gasteiger partial charge in [-0.25, -0.2) is 4.98 Å². The maximum absolute atomic E-state index is 9.61. The number of aromatic nitrogens is 1.